The second-order valence-corrected chi connectivity index (χ2v) is 5.51. The van der Waals surface area contributed by atoms with Crippen LogP contribution < -0.4 is 0 Å². The number of carbonyl (C=O) groups is 1. The maximum atomic E-state index is 12.9. The Labute approximate surface area is 130 Å². The van der Waals surface area contributed by atoms with Crippen LogP contribution >= 0.6 is 0 Å². The van der Waals surface area contributed by atoms with Crippen molar-refractivity contribution in [3.8, 4) is 0 Å². The van der Waals surface area contributed by atoms with Crippen LogP contribution in [0.1, 0.15) is 23.3 Å². The fraction of sp³-hybridized carbons (Fsp3) is 0.467. The van der Waals surface area contributed by atoms with Gasteiger partial charge in [0.15, 0.2) is 0 Å². The van der Waals surface area contributed by atoms with Gasteiger partial charge in [-0.15, -0.1) is 0 Å². The van der Waals surface area contributed by atoms with E-state index in [0.717, 1.165) is 4.90 Å². The average Bonchev–Trinajstić information content (AvgIpc) is 2.96. The first-order valence-electron chi connectivity index (χ1n) is 7.33. The monoisotopic (exact) mass is 327 g/mol. The van der Waals surface area contributed by atoms with E-state index in [1.54, 1.807) is 28.8 Å². The van der Waals surface area contributed by atoms with Crippen molar-refractivity contribution in [3.05, 3.63) is 36.3 Å². The second-order valence-electron chi connectivity index (χ2n) is 5.51. The number of ether oxygens (including phenoxy) is 1. The Hall–Kier alpha value is -2.09. The molecule has 1 fully saturated rings. The minimum atomic E-state index is -4.47. The topological polar surface area (TPSA) is 46.8 Å². The second kappa shape index (κ2) is 6.19. The predicted molar refractivity (Wildman–Crippen MR) is 76.1 cm³/mol. The van der Waals surface area contributed by atoms with Gasteiger partial charge in [0.05, 0.1) is 12.6 Å². The number of imidazole rings is 1. The van der Waals surface area contributed by atoms with E-state index in [4.69, 9.17) is 4.74 Å². The number of rotatable bonds is 3. The lowest BCUT2D eigenvalue weighted by molar-refractivity contribution is -0.148. The van der Waals surface area contributed by atoms with E-state index in [2.05, 4.69) is 4.98 Å². The van der Waals surface area contributed by atoms with Gasteiger partial charge in [-0.1, -0.05) is 6.07 Å². The Balaban J connectivity index is 1.89. The van der Waals surface area contributed by atoms with Crippen molar-refractivity contribution in [2.24, 2.45) is 0 Å². The number of amides is 1. The van der Waals surface area contributed by atoms with Crippen LogP contribution in [0.2, 0.25) is 0 Å². The Kier molecular flexibility index (Phi) is 4.25. The molecule has 3 heterocycles. The summed E-state index contributed by atoms with van der Waals surface area (Å²) in [5.41, 5.74) is 0.522. The van der Waals surface area contributed by atoms with Crippen LogP contribution in [-0.2, 0) is 4.74 Å². The summed E-state index contributed by atoms with van der Waals surface area (Å²) in [4.78, 5) is 17.5. The molecular formula is C15H16F3N3O2. The van der Waals surface area contributed by atoms with Gasteiger partial charge in [0.2, 0.25) is 0 Å². The summed E-state index contributed by atoms with van der Waals surface area (Å²) in [5.74, 6) is -0.721. The first-order chi connectivity index (χ1) is 10.9. The molecule has 5 nitrogen and oxygen atoms in total. The van der Waals surface area contributed by atoms with Gasteiger partial charge in [-0.25, -0.2) is 4.98 Å². The molecule has 23 heavy (non-hydrogen) atoms. The Morgan fingerprint density at radius 1 is 1.43 bits per heavy atom. The van der Waals surface area contributed by atoms with Crippen molar-refractivity contribution in [1.82, 2.24) is 14.3 Å². The molecule has 0 radical (unpaired) electrons. The van der Waals surface area contributed by atoms with Crippen LogP contribution in [0.4, 0.5) is 13.2 Å². The van der Waals surface area contributed by atoms with Crippen LogP contribution in [0.3, 0.4) is 0 Å². The molecule has 1 aliphatic rings. The van der Waals surface area contributed by atoms with Gasteiger partial charge in [-0.2, -0.15) is 13.2 Å². The molecular weight excluding hydrogens is 311 g/mol. The first-order valence-corrected chi connectivity index (χ1v) is 7.33. The zero-order valence-corrected chi connectivity index (χ0v) is 12.3. The van der Waals surface area contributed by atoms with Crippen LogP contribution in [0.25, 0.3) is 5.65 Å². The Morgan fingerprint density at radius 3 is 2.91 bits per heavy atom. The van der Waals surface area contributed by atoms with Crippen molar-refractivity contribution >= 4 is 11.6 Å². The molecule has 3 rings (SSSR count). The normalized spacial score (nSPS) is 19.0. The fourth-order valence-corrected chi connectivity index (χ4v) is 2.71. The van der Waals surface area contributed by atoms with E-state index < -0.39 is 24.7 Å². The number of hydrogen-bond donors (Lipinski definition) is 0. The number of alkyl halides is 3. The standard InChI is InChI=1S/C15H16F3N3O2/c16-15(17,18)10-21(11-4-3-7-23-9-11)14(22)12-8-20-6-2-1-5-13(20)19-12/h1-2,5-6,8,11H,3-4,7,9-10H2. The van der Waals surface area contributed by atoms with Crippen LogP contribution in [0.5, 0.6) is 0 Å². The highest BCUT2D eigenvalue weighted by molar-refractivity contribution is 5.93. The molecule has 2 aromatic heterocycles. The maximum absolute atomic E-state index is 12.9. The van der Waals surface area contributed by atoms with Gasteiger partial charge < -0.3 is 14.0 Å². The summed E-state index contributed by atoms with van der Waals surface area (Å²) < 4.78 is 45.5. The van der Waals surface area contributed by atoms with Gasteiger partial charge in [-0.3, -0.25) is 4.79 Å². The zero-order chi connectivity index (χ0) is 16.4. The number of halogens is 3. The van der Waals surface area contributed by atoms with Crippen molar-refractivity contribution in [3.63, 3.8) is 0 Å². The van der Waals surface area contributed by atoms with Gasteiger partial charge in [0, 0.05) is 19.0 Å². The minimum Gasteiger partial charge on any atom is -0.379 e. The number of nitrogens with zero attached hydrogens (tertiary/aromatic N) is 3. The summed E-state index contributed by atoms with van der Waals surface area (Å²) >= 11 is 0. The highest BCUT2D eigenvalue weighted by Crippen LogP contribution is 2.23. The van der Waals surface area contributed by atoms with Gasteiger partial charge in [-0.05, 0) is 25.0 Å². The molecule has 1 unspecified atom stereocenters. The molecule has 8 heteroatoms. The van der Waals surface area contributed by atoms with Crippen LogP contribution in [0.15, 0.2) is 30.6 Å². The van der Waals surface area contributed by atoms with E-state index in [0.29, 0.717) is 25.1 Å². The van der Waals surface area contributed by atoms with E-state index in [9.17, 15) is 18.0 Å². The lowest BCUT2D eigenvalue weighted by Gasteiger charge is -2.34. The maximum Gasteiger partial charge on any atom is 0.406 e. The van der Waals surface area contributed by atoms with Gasteiger partial charge in [0.25, 0.3) is 5.91 Å². The fourth-order valence-electron chi connectivity index (χ4n) is 2.71. The molecule has 1 amide bonds. The van der Waals surface area contributed by atoms with E-state index in [1.807, 2.05) is 0 Å². The van der Waals surface area contributed by atoms with Crippen LogP contribution in [-0.4, -0.2) is 52.2 Å². The van der Waals surface area contributed by atoms with Crippen LogP contribution in [0, 0.1) is 0 Å². The summed E-state index contributed by atoms with van der Waals surface area (Å²) in [6.45, 7) is -0.665. The lowest BCUT2D eigenvalue weighted by Crippen LogP contribution is -2.49. The van der Waals surface area contributed by atoms with Crippen molar-refractivity contribution in [1.29, 1.82) is 0 Å². The van der Waals surface area contributed by atoms with Crippen molar-refractivity contribution < 1.29 is 22.7 Å². The number of carbonyl (C=O) groups excluding carboxylic acids is 1. The predicted octanol–water partition coefficient (Wildman–Crippen LogP) is 2.52. The smallest absolute Gasteiger partial charge is 0.379 e. The summed E-state index contributed by atoms with van der Waals surface area (Å²) in [5, 5.41) is 0. The Morgan fingerprint density at radius 2 is 2.26 bits per heavy atom. The highest BCUT2D eigenvalue weighted by atomic mass is 19.4. The lowest BCUT2D eigenvalue weighted by atomic mass is 10.1. The Bertz CT molecular complexity index is 660. The average molecular weight is 327 g/mol. The molecule has 0 saturated carbocycles. The number of hydrogen-bond acceptors (Lipinski definition) is 3. The first kappa shape index (κ1) is 15.8. The zero-order valence-electron chi connectivity index (χ0n) is 12.3. The molecule has 124 valence electrons. The number of fused-ring (bicyclic) bond motifs is 1. The third-order valence-corrected chi connectivity index (χ3v) is 3.77. The van der Waals surface area contributed by atoms with Gasteiger partial charge >= 0.3 is 6.18 Å². The molecule has 2 aromatic rings. The SMILES string of the molecule is O=C(c1cn2ccccc2n1)N(CC(F)(F)F)C1CCCOC1. The molecule has 0 aromatic carbocycles. The molecule has 1 saturated heterocycles. The summed E-state index contributed by atoms with van der Waals surface area (Å²) in [7, 11) is 0. The minimum absolute atomic E-state index is 0.00558. The molecule has 1 aliphatic heterocycles. The number of aromatic nitrogens is 2. The third kappa shape index (κ3) is 3.64. The molecule has 0 aliphatic carbocycles. The van der Waals surface area contributed by atoms with E-state index >= 15 is 0 Å². The quantitative estimate of drug-likeness (QED) is 0.870. The highest BCUT2D eigenvalue weighted by Gasteiger charge is 2.38. The molecule has 0 N–H and O–H groups in total. The third-order valence-electron chi connectivity index (χ3n) is 3.77. The number of pyridine rings is 1. The molecule has 1 atom stereocenters. The van der Waals surface area contributed by atoms with E-state index in [-0.39, 0.29) is 12.3 Å². The van der Waals surface area contributed by atoms with Crippen molar-refractivity contribution in [2.75, 3.05) is 19.8 Å². The summed E-state index contributed by atoms with van der Waals surface area (Å²) in [6.07, 6.45) is -0.194. The van der Waals surface area contributed by atoms with Crippen molar-refractivity contribution in [2.45, 2.75) is 25.1 Å². The van der Waals surface area contributed by atoms with E-state index in [1.165, 1.54) is 6.20 Å². The summed E-state index contributed by atoms with van der Waals surface area (Å²) in [6, 6.07) is 4.61. The van der Waals surface area contributed by atoms with Gasteiger partial charge in [0.1, 0.15) is 17.9 Å². The largest absolute Gasteiger partial charge is 0.406 e. The molecule has 0 bridgehead atoms. The molecule has 0 spiro atoms.